The van der Waals surface area contributed by atoms with Crippen molar-refractivity contribution in [1.82, 2.24) is 58.1 Å². The third-order valence-electron chi connectivity index (χ3n) is 20.9. The molecule has 4 fully saturated rings. The summed E-state index contributed by atoms with van der Waals surface area (Å²) in [7, 11) is 0. The Morgan fingerprint density at radius 1 is 0.611 bits per heavy atom. The maximum absolute atomic E-state index is 14.6. The lowest BCUT2D eigenvalue weighted by Crippen LogP contribution is -2.70. The molecule has 4 aliphatic rings. The van der Waals surface area contributed by atoms with Gasteiger partial charge in [-0.05, 0) is 79.6 Å². The molecule has 27 atom stereocenters. The number of hydrogen-bond donors (Lipinski definition) is 25. The highest BCUT2D eigenvalue weighted by atomic mass is 16.8. The number of amides is 11. The largest absolute Gasteiger partial charge is 0.481 e. The molecule has 49 heteroatoms. The van der Waals surface area contributed by atoms with Crippen LogP contribution in [0.5, 0.6) is 0 Å². The van der Waals surface area contributed by atoms with Crippen molar-refractivity contribution in [3.63, 3.8) is 0 Å². The number of ketones is 1. The highest BCUT2D eigenvalue weighted by Crippen LogP contribution is 2.38. The van der Waals surface area contributed by atoms with Crippen LogP contribution in [0, 0.1) is 5.92 Å². The zero-order valence-corrected chi connectivity index (χ0v) is 72.1. The summed E-state index contributed by atoms with van der Waals surface area (Å²) in [5.41, 5.74) is 13.2. The van der Waals surface area contributed by atoms with E-state index in [4.69, 9.17) is 49.4 Å². The number of ether oxygens (including phenoxy) is 8. The highest BCUT2D eigenvalue weighted by molar-refractivity contribution is 6.00. The third kappa shape index (κ3) is 32.8. The summed E-state index contributed by atoms with van der Waals surface area (Å²) in [6, 6.07) is -18.6. The van der Waals surface area contributed by atoms with Crippen molar-refractivity contribution in [3.05, 3.63) is 11.8 Å². The van der Waals surface area contributed by atoms with Crippen LogP contribution in [0.1, 0.15) is 140 Å². The number of nitrogens with one attached hydrogen (secondary N) is 10. The Kier molecular flexibility index (Phi) is 47.0. The minimum atomic E-state index is -3.16. The normalized spacial score (nSPS) is 26.8. The van der Waals surface area contributed by atoms with E-state index in [2.05, 4.69) is 58.2 Å². The monoisotopic (exact) mass is 1810 g/mol. The van der Waals surface area contributed by atoms with Gasteiger partial charge in [-0.25, -0.2) is 4.79 Å². The van der Waals surface area contributed by atoms with Crippen molar-refractivity contribution in [2.24, 2.45) is 22.4 Å². The zero-order chi connectivity index (χ0) is 94.7. The zero-order valence-electron chi connectivity index (χ0n) is 72.1. The molecule has 0 bridgehead atoms. The molecule has 27 N–H and O–H groups in total. The first-order chi connectivity index (χ1) is 59.4. The summed E-state index contributed by atoms with van der Waals surface area (Å²) in [6.45, 7) is 10.8. The standard InChI is InChI=1S/C77H130N14O35/c1-11-14-16-41(38(8)96)85-72(115)58(40(10)121-74-55(79)63(60(106)48(33-94)122-74)124-75-62(108)65(61(107)49(34-95)123-75)126-77(76(117)118)28-46(98)54(78)64(125-77)59(105)47(99)32-93)90-67(110)43(27-53(103)104)86-69(112)45-17-15-21-91(45)73(116)37(7)83-68(111)44(31-92)87-71(114)57(39(9)97)89-70(113)56(35(4)5)88-52(102)30-82-66(109)42(26-36(6)29-80-13-3)84-51(101)19-18-50(100)81-20-23-120-25-24-119-22-12-2/h13,29,35,37,39-49,54-65,74-75,92-95,97-99,105-108H,11-12,14-28,30-34,78-79H2,1-10H3,(H,81,100)(H,82,109)(H,83,111)(H,84,101)(H,85,115)(H,86,112)(H,87,114)(H,88,102)(H,89,113)(H,90,110)(H,103,104)(H,117,118)/b36-29+,80-13-/t37-,39?,40?,41-,42-,43-,44-,45?,46+,47+,48?,49?,54+,55?,56?,57-,58-,59+,60-,61-,62-,63+,64?,65?,74-,75-,77-/m0/s1. The van der Waals surface area contributed by atoms with Gasteiger partial charge in [-0.15, -0.1) is 0 Å². The molecule has 4 saturated heterocycles. The Morgan fingerprint density at radius 2 is 1.20 bits per heavy atom. The van der Waals surface area contributed by atoms with Crippen LogP contribution in [-0.4, -0.2) is 397 Å². The van der Waals surface area contributed by atoms with Crippen LogP contribution in [0.15, 0.2) is 16.8 Å². The lowest BCUT2D eigenvalue weighted by Gasteiger charge is -2.50. The fourth-order valence-electron chi connectivity index (χ4n) is 13.7. The molecule has 0 radical (unpaired) electrons. The molecule has 0 aromatic carbocycles. The van der Waals surface area contributed by atoms with E-state index in [0.29, 0.717) is 38.2 Å². The number of nitrogens with zero attached hydrogens (tertiary/aromatic N) is 2. The number of likely N-dealkylation sites (tertiary alicyclic amines) is 1. The topological polar surface area (TPSA) is 764 Å². The number of carbonyl (C=O) groups excluding carboxylic acids is 12. The Bertz CT molecular complexity index is 3650. The fraction of sp³-hybridized carbons (Fsp3) is 0.779. The molecule has 126 heavy (non-hydrogen) atoms. The highest BCUT2D eigenvalue weighted by Gasteiger charge is 2.60. The number of aliphatic hydroxyl groups is 11. The van der Waals surface area contributed by atoms with Gasteiger partial charge in [0.05, 0.1) is 95.7 Å². The van der Waals surface area contributed by atoms with Gasteiger partial charge < -0.3 is 174 Å². The second-order valence-electron chi connectivity index (χ2n) is 31.4. The summed E-state index contributed by atoms with van der Waals surface area (Å²) in [4.78, 5) is 195. The number of Topliss-reactive ketones (excluding diaryl/α,β-unsaturated/α-hetero) is 1. The SMILES string of the molecule is C/C=N\C=C(/C)C[C@H](NC(=O)CCC(=O)NCCOCCOCCC)C(=O)NCC(=O)NC(C(=O)N[C@H](C(=O)N[C@@H](CO)C(=O)N[C@@H](C)C(=O)N1CCCC1C(=O)N[C@@H](CC(=O)O)C(=O)N[C@H](C(=O)N[C@@H](CCCC)C(C)=O)C(C)O[C@H]1OC(CO)[C@H](O)[C@H](O[C@@H]2OC(CO)[C@H](O)C(O[C@]3(C(=O)O)C[C@@H](O)[C@@H](N)C([C@H](O)[C@H](O)CO)O3)[C@@H]2O)C1N)C(C)O)C(C)C. The second kappa shape index (κ2) is 54.0. The average Bonchev–Trinajstić information content (AvgIpc) is 0.766. The van der Waals surface area contributed by atoms with Crippen molar-refractivity contribution < 1.29 is 171 Å². The Morgan fingerprint density at radius 3 is 1.78 bits per heavy atom. The van der Waals surface area contributed by atoms with Crippen LogP contribution >= 0.6 is 0 Å². The molecule has 4 aliphatic heterocycles. The van der Waals surface area contributed by atoms with Gasteiger partial charge in [-0.3, -0.25) is 67.3 Å². The first kappa shape index (κ1) is 110. The van der Waals surface area contributed by atoms with E-state index in [1.165, 1.54) is 26.3 Å². The van der Waals surface area contributed by atoms with E-state index in [1.54, 1.807) is 20.8 Å². The molecule has 49 nitrogen and oxygen atoms in total. The molecule has 9 unspecified atom stereocenters. The predicted molar refractivity (Wildman–Crippen MR) is 432 cm³/mol. The van der Waals surface area contributed by atoms with Crippen LogP contribution in [-0.2, 0) is 105 Å². The van der Waals surface area contributed by atoms with Crippen LogP contribution < -0.4 is 64.6 Å². The third-order valence-corrected chi connectivity index (χ3v) is 20.9. The predicted octanol–water partition coefficient (Wildman–Crippen LogP) is -11.0. The Balaban J connectivity index is 1.49. The van der Waals surface area contributed by atoms with Crippen molar-refractivity contribution in [1.29, 1.82) is 0 Å². The van der Waals surface area contributed by atoms with Crippen molar-refractivity contribution in [2.75, 3.05) is 72.5 Å². The number of aliphatic imine (C=N–C) groups is 1. The molecule has 0 saturated carbocycles. The van der Waals surface area contributed by atoms with Gasteiger partial charge in [-0.2, -0.15) is 0 Å². The van der Waals surface area contributed by atoms with Crippen molar-refractivity contribution in [3.8, 4) is 0 Å². The van der Waals surface area contributed by atoms with Crippen LogP contribution in [0.3, 0.4) is 0 Å². The Hall–Kier alpha value is -8.65. The number of hydrogen-bond acceptors (Lipinski definition) is 36. The van der Waals surface area contributed by atoms with Gasteiger partial charge in [0, 0.05) is 51.4 Å². The minimum Gasteiger partial charge on any atom is -0.481 e. The molecule has 0 aliphatic carbocycles. The Labute approximate surface area is 726 Å². The van der Waals surface area contributed by atoms with Crippen LogP contribution in [0.4, 0.5) is 0 Å². The molecule has 4 rings (SSSR count). The van der Waals surface area contributed by atoms with Crippen LogP contribution in [0.2, 0.25) is 0 Å². The van der Waals surface area contributed by atoms with Crippen LogP contribution in [0.25, 0.3) is 0 Å². The molecule has 0 aromatic heterocycles. The number of aliphatic carboxylic acids is 2. The number of unbranched alkanes of at least 4 members (excludes halogenated alkanes) is 1. The van der Waals surface area contributed by atoms with Gasteiger partial charge in [0.1, 0.15) is 109 Å². The lowest BCUT2D eigenvalue weighted by molar-refractivity contribution is -0.380. The first-order valence-corrected chi connectivity index (χ1v) is 41.6. The van der Waals surface area contributed by atoms with E-state index >= 15 is 0 Å². The van der Waals surface area contributed by atoms with E-state index in [9.17, 15) is 134 Å². The van der Waals surface area contributed by atoms with Crippen molar-refractivity contribution in [2.45, 2.75) is 304 Å². The van der Waals surface area contributed by atoms with Gasteiger partial charge in [-0.1, -0.05) is 46.1 Å². The number of carboxylic acid groups (broad SMARTS) is 2. The quantitative estimate of drug-likeness (QED) is 0.0199. The molecular weight excluding hydrogens is 1680 g/mol. The maximum Gasteiger partial charge on any atom is 0.364 e. The smallest absolute Gasteiger partial charge is 0.364 e. The number of carbonyl (C=O) groups is 14. The summed E-state index contributed by atoms with van der Waals surface area (Å²) in [5, 5.41) is 163. The average molecular weight is 1810 g/mol. The second-order valence-corrected chi connectivity index (χ2v) is 31.4. The molecule has 4 heterocycles. The molecule has 718 valence electrons. The van der Waals surface area contributed by atoms with Gasteiger partial charge >= 0.3 is 11.9 Å². The van der Waals surface area contributed by atoms with Gasteiger partial charge in [0.2, 0.25) is 65.0 Å². The summed E-state index contributed by atoms with van der Waals surface area (Å²) < 4.78 is 45.5. The molecule has 11 amide bonds. The number of nitrogens with two attached hydrogens (primary N) is 2. The first-order valence-electron chi connectivity index (χ1n) is 41.6. The fourth-order valence-corrected chi connectivity index (χ4v) is 13.7. The molecular formula is C77H130N14O35. The van der Waals surface area contributed by atoms with E-state index in [0.717, 1.165) is 39.0 Å². The number of rotatable bonds is 54. The minimum absolute atomic E-state index is 0.0535. The van der Waals surface area contributed by atoms with Gasteiger partial charge in [0.25, 0.3) is 5.79 Å². The summed E-state index contributed by atoms with van der Waals surface area (Å²) >= 11 is 0. The van der Waals surface area contributed by atoms with E-state index in [-0.39, 0.29) is 58.2 Å². The molecule has 0 aromatic rings. The number of aliphatic hydroxyl groups excluding tert-OH is 11. The van der Waals surface area contributed by atoms with Gasteiger partial charge in [0.15, 0.2) is 18.4 Å². The maximum atomic E-state index is 14.6. The summed E-state index contributed by atoms with van der Waals surface area (Å²) in [5.74, 6) is -19.4. The van der Waals surface area contributed by atoms with E-state index < -0.39 is 299 Å². The molecule has 0 spiro atoms. The number of carboxylic acids is 2. The van der Waals surface area contributed by atoms with E-state index in [1.807, 2.05) is 6.92 Å². The summed E-state index contributed by atoms with van der Waals surface area (Å²) in [6.07, 6.45) is -28.7. The van der Waals surface area contributed by atoms with Crippen molar-refractivity contribution >= 4 is 88.9 Å². The lowest BCUT2D eigenvalue weighted by atomic mass is 9.88.